The Bertz CT molecular complexity index is 448. The molecule has 0 fully saturated rings. The van der Waals surface area contributed by atoms with Crippen LogP contribution in [-0.4, -0.2) is 15.9 Å². The van der Waals surface area contributed by atoms with Crippen molar-refractivity contribution in [1.82, 2.24) is 15.3 Å². The molecule has 0 saturated heterocycles. The second-order valence-electron chi connectivity index (χ2n) is 2.96. The van der Waals surface area contributed by atoms with Gasteiger partial charge < -0.3 is 16.0 Å². The minimum atomic E-state index is -0.179. The summed E-state index contributed by atoms with van der Waals surface area (Å²) in [5.74, 6) is -0.179. The molecule has 0 aliphatic rings. The molecule has 1 amide bonds. The van der Waals surface area contributed by atoms with Crippen LogP contribution in [0.25, 0.3) is 0 Å². The largest absolute Gasteiger partial charge is 0.397 e. The van der Waals surface area contributed by atoms with E-state index in [0.29, 0.717) is 17.9 Å². The molecule has 4 N–H and O–H groups in total. The summed E-state index contributed by atoms with van der Waals surface area (Å²) in [5, 5.41) is 5.48. The third-order valence-corrected chi connectivity index (χ3v) is 2.61. The van der Waals surface area contributed by atoms with Gasteiger partial charge in [0, 0.05) is 23.5 Å². The van der Waals surface area contributed by atoms with E-state index in [-0.39, 0.29) is 5.91 Å². The van der Waals surface area contributed by atoms with E-state index in [2.05, 4.69) is 15.3 Å². The number of anilines is 1. The van der Waals surface area contributed by atoms with Crippen molar-refractivity contribution in [2.45, 2.75) is 6.54 Å². The predicted molar refractivity (Wildman–Crippen MR) is 58.5 cm³/mol. The Labute approximate surface area is 90.3 Å². The highest BCUT2D eigenvalue weighted by molar-refractivity contribution is 7.09. The molecule has 0 radical (unpaired) electrons. The van der Waals surface area contributed by atoms with Crippen LogP contribution >= 0.6 is 11.3 Å². The van der Waals surface area contributed by atoms with Gasteiger partial charge in [-0.1, -0.05) is 0 Å². The first-order valence-corrected chi connectivity index (χ1v) is 5.24. The van der Waals surface area contributed by atoms with Gasteiger partial charge >= 0.3 is 0 Å². The Morgan fingerprint density at radius 3 is 3.13 bits per heavy atom. The maximum atomic E-state index is 11.5. The summed E-state index contributed by atoms with van der Waals surface area (Å²) in [6, 6.07) is 1.59. The molecule has 15 heavy (non-hydrogen) atoms. The van der Waals surface area contributed by atoms with Crippen LogP contribution in [0.3, 0.4) is 0 Å². The van der Waals surface area contributed by atoms with Gasteiger partial charge in [0.1, 0.15) is 10.7 Å². The molecule has 0 aliphatic carbocycles. The molecule has 0 aliphatic heterocycles. The Balaban J connectivity index is 1.93. The van der Waals surface area contributed by atoms with Crippen molar-refractivity contribution in [3.63, 3.8) is 0 Å². The Morgan fingerprint density at radius 2 is 2.53 bits per heavy atom. The quantitative estimate of drug-likeness (QED) is 0.724. The van der Waals surface area contributed by atoms with Crippen molar-refractivity contribution in [2.75, 3.05) is 5.73 Å². The number of nitrogens with two attached hydrogens (primary N) is 1. The van der Waals surface area contributed by atoms with E-state index >= 15 is 0 Å². The molecule has 0 bridgehead atoms. The minimum absolute atomic E-state index is 0.179. The molecule has 2 aromatic rings. The summed E-state index contributed by atoms with van der Waals surface area (Å²) in [4.78, 5) is 18.4. The summed E-state index contributed by atoms with van der Waals surface area (Å²) in [7, 11) is 0. The molecule has 2 rings (SSSR count). The van der Waals surface area contributed by atoms with Crippen LogP contribution in [0.1, 0.15) is 15.5 Å². The third-order valence-electron chi connectivity index (χ3n) is 1.83. The van der Waals surface area contributed by atoms with Crippen molar-refractivity contribution in [3.05, 3.63) is 34.5 Å². The predicted octanol–water partition coefficient (Wildman–Crippen LogP) is 0.983. The number of nitrogens with one attached hydrogen (secondary N) is 2. The molecular weight excluding hydrogens is 212 g/mol. The van der Waals surface area contributed by atoms with Crippen molar-refractivity contribution in [1.29, 1.82) is 0 Å². The lowest BCUT2D eigenvalue weighted by Crippen LogP contribution is -2.22. The van der Waals surface area contributed by atoms with Crippen molar-refractivity contribution >= 4 is 22.9 Å². The molecule has 5 nitrogen and oxygen atoms in total. The smallest absolute Gasteiger partial charge is 0.268 e. The van der Waals surface area contributed by atoms with E-state index in [4.69, 9.17) is 5.73 Å². The van der Waals surface area contributed by atoms with Crippen LogP contribution in [0.5, 0.6) is 0 Å². The second-order valence-corrected chi connectivity index (χ2v) is 3.93. The van der Waals surface area contributed by atoms with Gasteiger partial charge in [0.15, 0.2) is 0 Å². The monoisotopic (exact) mass is 222 g/mol. The highest BCUT2D eigenvalue weighted by atomic mass is 32.1. The minimum Gasteiger partial charge on any atom is -0.397 e. The first-order valence-electron chi connectivity index (χ1n) is 4.36. The lowest BCUT2D eigenvalue weighted by Gasteiger charge is -1.99. The van der Waals surface area contributed by atoms with Gasteiger partial charge in [0.05, 0.1) is 6.54 Å². The number of carbonyl (C=O) groups excluding carboxylic acids is 1. The molecular formula is C9H10N4OS. The number of amides is 1. The number of aromatic nitrogens is 2. The van der Waals surface area contributed by atoms with Crippen LogP contribution in [-0.2, 0) is 6.54 Å². The van der Waals surface area contributed by atoms with Crippen LogP contribution in [0, 0.1) is 0 Å². The summed E-state index contributed by atoms with van der Waals surface area (Å²) in [6.07, 6.45) is 3.29. The van der Waals surface area contributed by atoms with Crippen LogP contribution < -0.4 is 11.1 Å². The van der Waals surface area contributed by atoms with Gasteiger partial charge in [-0.25, -0.2) is 4.98 Å². The highest BCUT2D eigenvalue weighted by Gasteiger charge is 2.07. The van der Waals surface area contributed by atoms with Crippen molar-refractivity contribution in [2.24, 2.45) is 0 Å². The van der Waals surface area contributed by atoms with E-state index in [0.717, 1.165) is 5.01 Å². The fraction of sp³-hybridized carbons (Fsp3) is 0.111. The summed E-state index contributed by atoms with van der Waals surface area (Å²) in [6.45, 7) is 0.440. The highest BCUT2D eigenvalue weighted by Crippen LogP contribution is 2.06. The lowest BCUT2D eigenvalue weighted by molar-refractivity contribution is 0.0946. The van der Waals surface area contributed by atoms with Crippen LogP contribution in [0.4, 0.5) is 5.69 Å². The van der Waals surface area contributed by atoms with Crippen molar-refractivity contribution in [3.8, 4) is 0 Å². The zero-order valence-corrected chi connectivity index (χ0v) is 8.67. The van der Waals surface area contributed by atoms with Gasteiger partial charge in [0.2, 0.25) is 0 Å². The zero-order chi connectivity index (χ0) is 10.7. The topological polar surface area (TPSA) is 83.8 Å². The number of H-pyrrole nitrogens is 1. The Hall–Kier alpha value is -1.82. The molecule has 0 aromatic carbocycles. The maximum Gasteiger partial charge on any atom is 0.268 e. The number of carbonyl (C=O) groups is 1. The number of thiazole rings is 1. The number of nitrogens with zero attached hydrogens (tertiary/aromatic N) is 1. The molecule has 0 saturated carbocycles. The number of hydrogen-bond donors (Lipinski definition) is 3. The first-order chi connectivity index (χ1) is 7.25. The summed E-state index contributed by atoms with van der Waals surface area (Å²) < 4.78 is 0. The third kappa shape index (κ3) is 2.35. The number of nitrogen functional groups attached to an aromatic ring is 1. The van der Waals surface area contributed by atoms with E-state index in [1.54, 1.807) is 18.5 Å². The van der Waals surface area contributed by atoms with Gasteiger partial charge in [-0.3, -0.25) is 4.79 Å². The molecule has 0 spiro atoms. The van der Waals surface area contributed by atoms with Gasteiger partial charge in [-0.05, 0) is 6.07 Å². The van der Waals surface area contributed by atoms with E-state index < -0.39 is 0 Å². The standard InChI is InChI=1S/C9H10N4OS/c10-6-3-7(12-4-6)9(14)13-5-8-11-1-2-15-8/h1-4,12H,5,10H2,(H,13,14). The molecule has 0 atom stereocenters. The van der Waals surface area contributed by atoms with Gasteiger partial charge in [0.25, 0.3) is 5.91 Å². The molecule has 78 valence electrons. The van der Waals surface area contributed by atoms with E-state index in [1.807, 2.05) is 5.38 Å². The first kappa shape index (κ1) is 9.72. The average molecular weight is 222 g/mol. The Morgan fingerprint density at radius 1 is 1.67 bits per heavy atom. The van der Waals surface area contributed by atoms with Crippen LogP contribution in [0.2, 0.25) is 0 Å². The molecule has 6 heteroatoms. The fourth-order valence-electron chi connectivity index (χ4n) is 1.13. The maximum absolute atomic E-state index is 11.5. The average Bonchev–Trinajstić information content (AvgIpc) is 2.84. The normalized spacial score (nSPS) is 10.1. The molecule has 2 heterocycles. The van der Waals surface area contributed by atoms with E-state index in [1.165, 1.54) is 11.3 Å². The lowest BCUT2D eigenvalue weighted by atomic mass is 10.4. The number of hydrogen-bond acceptors (Lipinski definition) is 4. The second kappa shape index (κ2) is 4.14. The number of aromatic amines is 1. The summed E-state index contributed by atoms with van der Waals surface area (Å²) in [5.41, 5.74) is 6.50. The van der Waals surface area contributed by atoms with Gasteiger partial charge in [-0.15, -0.1) is 11.3 Å². The SMILES string of the molecule is Nc1c[nH]c(C(=O)NCc2nccs2)c1. The van der Waals surface area contributed by atoms with E-state index in [9.17, 15) is 4.79 Å². The summed E-state index contributed by atoms with van der Waals surface area (Å²) >= 11 is 1.50. The Kier molecular flexibility index (Phi) is 2.68. The van der Waals surface area contributed by atoms with Gasteiger partial charge in [-0.2, -0.15) is 0 Å². The zero-order valence-electron chi connectivity index (χ0n) is 7.86. The fourth-order valence-corrected chi connectivity index (χ4v) is 1.69. The molecule has 2 aromatic heterocycles. The van der Waals surface area contributed by atoms with Crippen LogP contribution in [0.15, 0.2) is 23.8 Å². The van der Waals surface area contributed by atoms with Crippen molar-refractivity contribution < 1.29 is 4.79 Å². The number of rotatable bonds is 3. The molecule has 0 unspecified atom stereocenters.